The fraction of sp³-hybridized carbons (Fsp3) is 0.0625. The zero-order valence-corrected chi connectivity index (χ0v) is 10.5. The highest BCUT2D eigenvalue weighted by atomic mass is 16.5. The van der Waals surface area contributed by atoms with Crippen LogP contribution in [0.25, 0.3) is 11.6 Å². The van der Waals surface area contributed by atoms with Crippen molar-refractivity contribution in [3.05, 3.63) is 59.7 Å². The summed E-state index contributed by atoms with van der Waals surface area (Å²) in [6.45, 7) is 0. The number of hydrogen-bond donors (Lipinski definition) is 1. The molecule has 3 nitrogen and oxygen atoms in total. The lowest BCUT2D eigenvalue weighted by Crippen LogP contribution is -2.03. The van der Waals surface area contributed by atoms with Crippen molar-refractivity contribution in [3.63, 3.8) is 0 Å². The number of fused-ring (bicyclic) bond motifs is 1. The third-order valence-electron chi connectivity index (χ3n) is 3.12. The predicted octanol–water partition coefficient (Wildman–Crippen LogP) is 3.19. The van der Waals surface area contributed by atoms with Crippen molar-refractivity contribution in [1.82, 2.24) is 0 Å². The van der Waals surface area contributed by atoms with Gasteiger partial charge in [-0.1, -0.05) is 30.3 Å². The van der Waals surface area contributed by atoms with Crippen LogP contribution >= 0.6 is 0 Å². The van der Waals surface area contributed by atoms with Gasteiger partial charge in [0.05, 0.1) is 7.11 Å². The van der Waals surface area contributed by atoms with E-state index in [-0.39, 0.29) is 5.91 Å². The first-order valence-corrected chi connectivity index (χ1v) is 6.04. The first kappa shape index (κ1) is 11.5. The highest BCUT2D eigenvalue weighted by molar-refractivity contribution is 6.35. The molecule has 94 valence electrons. The van der Waals surface area contributed by atoms with E-state index in [1.165, 1.54) is 0 Å². The second-order valence-electron chi connectivity index (χ2n) is 4.33. The zero-order valence-electron chi connectivity index (χ0n) is 10.5. The number of carbonyl (C=O) groups is 1. The summed E-state index contributed by atoms with van der Waals surface area (Å²) < 4.78 is 5.21. The van der Waals surface area contributed by atoms with Crippen molar-refractivity contribution in [1.29, 1.82) is 0 Å². The molecule has 0 saturated carbocycles. The van der Waals surface area contributed by atoms with Crippen molar-refractivity contribution >= 4 is 23.2 Å². The van der Waals surface area contributed by atoms with Crippen LogP contribution in [-0.2, 0) is 4.79 Å². The van der Waals surface area contributed by atoms with E-state index in [1.807, 2.05) is 54.6 Å². The highest BCUT2D eigenvalue weighted by Gasteiger charge is 2.24. The predicted molar refractivity (Wildman–Crippen MR) is 75.9 cm³/mol. The van der Waals surface area contributed by atoms with Crippen LogP contribution in [0.3, 0.4) is 0 Å². The van der Waals surface area contributed by atoms with Gasteiger partial charge in [-0.2, -0.15) is 0 Å². The van der Waals surface area contributed by atoms with Crippen LogP contribution in [-0.4, -0.2) is 13.0 Å². The number of ether oxygens (including phenoxy) is 1. The lowest BCUT2D eigenvalue weighted by molar-refractivity contribution is -0.110. The van der Waals surface area contributed by atoms with E-state index in [0.29, 0.717) is 5.57 Å². The maximum Gasteiger partial charge on any atom is 0.256 e. The molecule has 0 fully saturated rings. The molecule has 1 amide bonds. The molecule has 0 spiro atoms. The molecule has 0 atom stereocenters. The van der Waals surface area contributed by atoms with E-state index in [1.54, 1.807) is 7.11 Å². The van der Waals surface area contributed by atoms with Gasteiger partial charge in [-0.05, 0) is 29.8 Å². The van der Waals surface area contributed by atoms with Crippen LogP contribution in [0.15, 0.2) is 48.5 Å². The van der Waals surface area contributed by atoms with Gasteiger partial charge in [-0.25, -0.2) is 0 Å². The molecule has 0 aliphatic carbocycles. The molecule has 0 bridgehead atoms. The number of amides is 1. The van der Waals surface area contributed by atoms with E-state index in [9.17, 15) is 4.79 Å². The number of rotatable bonds is 2. The Morgan fingerprint density at radius 2 is 1.89 bits per heavy atom. The minimum Gasteiger partial charge on any atom is -0.497 e. The third kappa shape index (κ3) is 2.10. The van der Waals surface area contributed by atoms with E-state index in [4.69, 9.17) is 4.74 Å². The first-order chi connectivity index (χ1) is 9.28. The van der Waals surface area contributed by atoms with Gasteiger partial charge >= 0.3 is 0 Å². The Bertz CT molecular complexity index is 660. The molecule has 1 N–H and O–H groups in total. The summed E-state index contributed by atoms with van der Waals surface area (Å²) in [5.74, 6) is 0.668. The smallest absolute Gasteiger partial charge is 0.256 e. The molecule has 1 aliphatic rings. The average Bonchev–Trinajstić information content (AvgIpc) is 2.76. The minimum atomic E-state index is -0.0768. The molecule has 1 aliphatic heterocycles. The topological polar surface area (TPSA) is 38.3 Å². The monoisotopic (exact) mass is 251 g/mol. The zero-order chi connectivity index (χ0) is 13.2. The summed E-state index contributed by atoms with van der Waals surface area (Å²) in [6, 6.07) is 15.4. The third-order valence-corrected chi connectivity index (χ3v) is 3.12. The molecule has 0 unspecified atom stereocenters. The molecule has 2 aromatic rings. The van der Waals surface area contributed by atoms with Gasteiger partial charge in [0.2, 0.25) is 0 Å². The molecule has 19 heavy (non-hydrogen) atoms. The maximum absolute atomic E-state index is 12.0. The van der Waals surface area contributed by atoms with Crippen LogP contribution in [0.2, 0.25) is 0 Å². The Morgan fingerprint density at radius 1 is 1.11 bits per heavy atom. The number of hydrogen-bond acceptors (Lipinski definition) is 2. The normalized spacial score (nSPS) is 15.2. The van der Waals surface area contributed by atoms with Crippen LogP contribution in [0.1, 0.15) is 11.1 Å². The molecule has 3 rings (SSSR count). The van der Waals surface area contributed by atoms with Crippen molar-refractivity contribution in [2.45, 2.75) is 0 Å². The Labute approximate surface area is 111 Å². The van der Waals surface area contributed by atoms with Crippen molar-refractivity contribution < 1.29 is 9.53 Å². The molecule has 0 aromatic heterocycles. The van der Waals surface area contributed by atoms with E-state index >= 15 is 0 Å². The molecular weight excluding hydrogens is 238 g/mol. The van der Waals surface area contributed by atoms with Crippen LogP contribution in [0, 0.1) is 0 Å². The second kappa shape index (κ2) is 4.61. The molecule has 3 heteroatoms. The average molecular weight is 251 g/mol. The summed E-state index contributed by atoms with van der Waals surface area (Å²) in [5, 5.41) is 2.86. The van der Waals surface area contributed by atoms with E-state index < -0.39 is 0 Å². The van der Waals surface area contributed by atoms with Gasteiger partial charge < -0.3 is 10.1 Å². The SMILES string of the molecule is COc1ccc2c(c1)C(=Cc1ccccc1)C(=O)N2. The second-order valence-corrected chi connectivity index (χ2v) is 4.33. The molecule has 2 aromatic carbocycles. The van der Waals surface area contributed by atoms with Gasteiger partial charge in [-0.3, -0.25) is 4.79 Å². The summed E-state index contributed by atoms with van der Waals surface area (Å²) in [5.41, 5.74) is 3.38. The number of nitrogens with one attached hydrogen (secondary N) is 1. The van der Waals surface area contributed by atoms with Gasteiger partial charge in [0.1, 0.15) is 5.75 Å². The van der Waals surface area contributed by atoms with Crippen molar-refractivity contribution in [2.75, 3.05) is 12.4 Å². The largest absolute Gasteiger partial charge is 0.497 e. The lowest BCUT2D eigenvalue weighted by Gasteiger charge is -2.03. The molecule has 0 radical (unpaired) electrons. The van der Waals surface area contributed by atoms with Crippen LogP contribution in [0.4, 0.5) is 5.69 Å². The summed E-state index contributed by atoms with van der Waals surface area (Å²) in [7, 11) is 1.62. The van der Waals surface area contributed by atoms with Crippen molar-refractivity contribution in [2.24, 2.45) is 0 Å². The number of methoxy groups -OCH3 is 1. The fourth-order valence-electron chi connectivity index (χ4n) is 2.15. The van der Waals surface area contributed by atoms with Crippen LogP contribution < -0.4 is 10.1 Å². The molecule has 1 heterocycles. The van der Waals surface area contributed by atoms with E-state index in [2.05, 4.69) is 5.32 Å². The molecular formula is C16H13NO2. The summed E-state index contributed by atoms with van der Waals surface area (Å²) in [6.07, 6.45) is 1.89. The lowest BCUT2D eigenvalue weighted by atomic mass is 10.0. The summed E-state index contributed by atoms with van der Waals surface area (Å²) in [4.78, 5) is 12.0. The maximum atomic E-state index is 12.0. The van der Waals surface area contributed by atoms with Gasteiger partial charge in [0.15, 0.2) is 0 Å². The number of carbonyl (C=O) groups excluding carboxylic acids is 1. The van der Waals surface area contributed by atoms with Crippen LogP contribution in [0.5, 0.6) is 5.75 Å². The Kier molecular flexibility index (Phi) is 2.80. The number of anilines is 1. The standard InChI is InChI=1S/C16H13NO2/c1-19-12-7-8-15-13(10-12)14(16(18)17-15)9-11-5-3-2-4-6-11/h2-10H,1H3,(H,17,18). The fourth-order valence-corrected chi connectivity index (χ4v) is 2.15. The highest BCUT2D eigenvalue weighted by Crippen LogP contribution is 2.35. The van der Waals surface area contributed by atoms with E-state index in [0.717, 1.165) is 22.6 Å². The molecule has 0 saturated heterocycles. The van der Waals surface area contributed by atoms with Gasteiger partial charge in [0, 0.05) is 16.8 Å². The quantitative estimate of drug-likeness (QED) is 0.832. The van der Waals surface area contributed by atoms with Gasteiger partial charge in [0.25, 0.3) is 5.91 Å². The first-order valence-electron chi connectivity index (χ1n) is 6.04. The Balaban J connectivity index is 2.09. The minimum absolute atomic E-state index is 0.0768. The van der Waals surface area contributed by atoms with Crippen molar-refractivity contribution in [3.8, 4) is 5.75 Å². The summed E-state index contributed by atoms with van der Waals surface area (Å²) >= 11 is 0. The number of benzene rings is 2. The Morgan fingerprint density at radius 3 is 2.63 bits per heavy atom. The Hall–Kier alpha value is -2.55. The van der Waals surface area contributed by atoms with Gasteiger partial charge in [-0.15, -0.1) is 0 Å².